The zero-order chi connectivity index (χ0) is 17.9. The number of nitrogens with zero attached hydrogens (tertiary/aromatic N) is 3. The molecule has 6 nitrogen and oxygen atoms in total. The summed E-state index contributed by atoms with van der Waals surface area (Å²) >= 11 is 0. The van der Waals surface area contributed by atoms with E-state index in [0.29, 0.717) is 26.2 Å². The molecule has 1 unspecified atom stereocenters. The number of hydrogen-bond donors (Lipinski definition) is 0. The van der Waals surface area contributed by atoms with Crippen LogP contribution in [0.25, 0.3) is 0 Å². The molecule has 0 saturated carbocycles. The lowest BCUT2D eigenvalue weighted by Gasteiger charge is -2.28. The van der Waals surface area contributed by atoms with Crippen LogP contribution >= 0.6 is 0 Å². The summed E-state index contributed by atoms with van der Waals surface area (Å²) in [4.78, 5) is 18.6. The van der Waals surface area contributed by atoms with Gasteiger partial charge in [0.2, 0.25) is 5.91 Å². The van der Waals surface area contributed by atoms with Gasteiger partial charge in [-0.2, -0.15) is 0 Å². The van der Waals surface area contributed by atoms with Gasteiger partial charge in [-0.25, -0.2) is 4.98 Å². The van der Waals surface area contributed by atoms with E-state index in [2.05, 4.69) is 4.98 Å². The molecule has 0 radical (unpaired) electrons. The van der Waals surface area contributed by atoms with Crippen LogP contribution in [0.2, 0.25) is 0 Å². The lowest BCUT2D eigenvalue weighted by Crippen LogP contribution is -2.43. The summed E-state index contributed by atoms with van der Waals surface area (Å²) in [5, 5.41) is 0. The van der Waals surface area contributed by atoms with Crippen LogP contribution in [0.15, 0.2) is 36.7 Å². The van der Waals surface area contributed by atoms with E-state index in [4.69, 9.17) is 9.47 Å². The highest BCUT2D eigenvalue weighted by molar-refractivity contribution is 5.76. The third kappa shape index (κ3) is 4.02. The van der Waals surface area contributed by atoms with E-state index in [1.54, 1.807) is 13.3 Å². The number of carbonyl (C=O) groups excluding carboxylic acids is 1. The van der Waals surface area contributed by atoms with E-state index in [9.17, 15) is 4.79 Å². The molecule has 134 valence electrons. The molecule has 3 rings (SSSR count). The molecule has 2 aromatic rings. The minimum Gasteiger partial charge on any atom is -0.491 e. The standard InChI is InChI=1S/C19H25N3O3/c1-15-5-4-6-17(11-15)25-14-19(24-3)7-9-22(13-19)18(23)12-21-10-8-20-16(21)2/h4-6,8,10-11H,7,9,12-14H2,1-3H3. The number of carbonyl (C=O) groups is 1. The molecule has 1 aromatic heterocycles. The van der Waals surface area contributed by atoms with Gasteiger partial charge in [0.15, 0.2) is 0 Å². The van der Waals surface area contributed by atoms with Crippen molar-refractivity contribution in [2.45, 2.75) is 32.4 Å². The Kier molecular flexibility index (Phi) is 5.08. The van der Waals surface area contributed by atoms with Crippen LogP contribution in [0, 0.1) is 13.8 Å². The fourth-order valence-corrected chi connectivity index (χ4v) is 3.14. The zero-order valence-corrected chi connectivity index (χ0v) is 15.1. The van der Waals surface area contributed by atoms with Gasteiger partial charge in [0.05, 0.1) is 6.54 Å². The van der Waals surface area contributed by atoms with Crippen LogP contribution in [-0.2, 0) is 16.1 Å². The monoisotopic (exact) mass is 343 g/mol. The molecule has 1 atom stereocenters. The first-order valence-electron chi connectivity index (χ1n) is 8.51. The normalized spacial score (nSPS) is 20.0. The van der Waals surface area contributed by atoms with Gasteiger partial charge < -0.3 is 18.9 Å². The number of rotatable bonds is 6. The van der Waals surface area contributed by atoms with Crippen molar-refractivity contribution in [2.24, 2.45) is 0 Å². The number of benzene rings is 1. The molecule has 1 aliphatic rings. The Bertz CT molecular complexity index is 743. The smallest absolute Gasteiger partial charge is 0.242 e. The van der Waals surface area contributed by atoms with Gasteiger partial charge in [0, 0.05) is 26.0 Å². The molecule has 6 heteroatoms. The van der Waals surface area contributed by atoms with Crippen molar-refractivity contribution in [2.75, 3.05) is 26.8 Å². The van der Waals surface area contributed by atoms with Crippen molar-refractivity contribution in [3.63, 3.8) is 0 Å². The topological polar surface area (TPSA) is 56.6 Å². The molecule has 25 heavy (non-hydrogen) atoms. The Morgan fingerprint density at radius 2 is 2.20 bits per heavy atom. The minimum absolute atomic E-state index is 0.0792. The third-order valence-electron chi connectivity index (χ3n) is 4.82. The molecule has 0 N–H and O–H groups in total. The number of aryl methyl sites for hydroxylation is 2. The fourth-order valence-electron chi connectivity index (χ4n) is 3.14. The molecule has 1 fully saturated rings. The number of methoxy groups -OCH3 is 1. The molecular weight excluding hydrogens is 318 g/mol. The second-order valence-electron chi connectivity index (χ2n) is 6.66. The SMILES string of the molecule is COC1(COc2cccc(C)c2)CCN(C(=O)Cn2ccnc2C)C1. The fraction of sp³-hybridized carbons (Fsp3) is 0.474. The summed E-state index contributed by atoms with van der Waals surface area (Å²) in [6, 6.07) is 7.95. The summed E-state index contributed by atoms with van der Waals surface area (Å²) in [7, 11) is 1.69. The summed E-state index contributed by atoms with van der Waals surface area (Å²) in [5.74, 6) is 1.75. The Balaban J connectivity index is 1.60. The van der Waals surface area contributed by atoms with Gasteiger partial charge in [0.25, 0.3) is 0 Å². The first-order valence-corrected chi connectivity index (χ1v) is 8.51. The largest absolute Gasteiger partial charge is 0.491 e. The quantitative estimate of drug-likeness (QED) is 0.807. The van der Waals surface area contributed by atoms with Crippen molar-refractivity contribution < 1.29 is 14.3 Å². The van der Waals surface area contributed by atoms with Crippen LogP contribution in [0.3, 0.4) is 0 Å². The first kappa shape index (κ1) is 17.5. The predicted molar refractivity (Wildman–Crippen MR) is 94.6 cm³/mol. The molecule has 1 aliphatic heterocycles. The summed E-state index contributed by atoms with van der Waals surface area (Å²) < 4.78 is 13.6. The lowest BCUT2D eigenvalue weighted by molar-refractivity contribution is -0.132. The number of imidazole rings is 1. The van der Waals surface area contributed by atoms with Gasteiger partial charge in [-0.1, -0.05) is 12.1 Å². The third-order valence-corrected chi connectivity index (χ3v) is 4.82. The highest BCUT2D eigenvalue weighted by Gasteiger charge is 2.41. The highest BCUT2D eigenvalue weighted by atomic mass is 16.5. The highest BCUT2D eigenvalue weighted by Crippen LogP contribution is 2.27. The molecule has 0 aliphatic carbocycles. The maximum atomic E-state index is 12.6. The van der Waals surface area contributed by atoms with Crippen LogP contribution < -0.4 is 4.74 Å². The van der Waals surface area contributed by atoms with E-state index in [1.807, 2.05) is 53.8 Å². The molecule has 2 heterocycles. The first-order chi connectivity index (χ1) is 12.0. The van der Waals surface area contributed by atoms with Crippen LogP contribution in [0.4, 0.5) is 0 Å². The van der Waals surface area contributed by atoms with E-state index in [-0.39, 0.29) is 5.91 Å². The van der Waals surface area contributed by atoms with Gasteiger partial charge in [-0.05, 0) is 38.0 Å². The average Bonchev–Trinajstić information content (AvgIpc) is 3.21. The van der Waals surface area contributed by atoms with Crippen LogP contribution in [-0.4, -0.2) is 52.8 Å². The average molecular weight is 343 g/mol. The number of aromatic nitrogens is 2. The van der Waals surface area contributed by atoms with Crippen molar-refractivity contribution in [1.82, 2.24) is 14.5 Å². The van der Waals surface area contributed by atoms with Gasteiger partial charge in [-0.3, -0.25) is 4.79 Å². The lowest BCUT2D eigenvalue weighted by atomic mass is 10.0. The van der Waals surface area contributed by atoms with Crippen LogP contribution in [0.5, 0.6) is 5.75 Å². The van der Waals surface area contributed by atoms with Gasteiger partial charge in [-0.15, -0.1) is 0 Å². The summed E-state index contributed by atoms with van der Waals surface area (Å²) in [6.45, 7) is 5.89. The number of ether oxygens (including phenoxy) is 2. The van der Waals surface area contributed by atoms with Crippen molar-refractivity contribution in [3.8, 4) is 5.75 Å². The predicted octanol–water partition coefficient (Wildman–Crippen LogP) is 2.20. The van der Waals surface area contributed by atoms with E-state index >= 15 is 0 Å². The molecule has 0 bridgehead atoms. The van der Waals surface area contributed by atoms with Crippen molar-refractivity contribution in [3.05, 3.63) is 48.0 Å². The summed E-state index contributed by atoms with van der Waals surface area (Å²) in [6.07, 6.45) is 4.30. The Morgan fingerprint density at radius 3 is 2.88 bits per heavy atom. The van der Waals surface area contributed by atoms with Gasteiger partial charge in [0.1, 0.15) is 30.3 Å². The molecular formula is C19H25N3O3. The second kappa shape index (κ2) is 7.27. The van der Waals surface area contributed by atoms with Gasteiger partial charge >= 0.3 is 0 Å². The second-order valence-corrected chi connectivity index (χ2v) is 6.66. The Hall–Kier alpha value is -2.34. The maximum Gasteiger partial charge on any atom is 0.242 e. The molecule has 1 saturated heterocycles. The van der Waals surface area contributed by atoms with Crippen LogP contribution in [0.1, 0.15) is 17.8 Å². The zero-order valence-electron chi connectivity index (χ0n) is 15.1. The number of hydrogen-bond acceptors (Lipinski definition) is 4. The minimum atomic E-state index is -0.455. The van der Waals surface area contributed by atoms with Crippen molar-refractivity contribution >= 4 is 5.91 Å². The van der Waals surface area contributed by atoms with E-state index in [0.717, 1.165) is 23.6 Å². The molecule has 1 amide bonds. The van der Waals surface area contributed by atoms with E-state index < -0.39 is 5.60 Å². The summed E-state index contributed by atoms with van der Waals surface area (Å²) in [5.41, 5.74) is 0.700. The Morgan fingerprint density at radius 1 is 1.36 bits per heavy atom. The Labute approximate surface area is 148 Å². The molecule has 0 spiro atoms. The number of amides is 1. The maximum absolute atomic E-state index is 12.6. The molecule has 1 aromatic carbocycles. The van der Waals surface area contributed by atoms with Crippen molar-refractivity contribution in [1.29, 1.82) is 0 Å². The number of likely N-dealkylation sites (tertiary alicyclic amines) is 1. The van der Waals surface area contributed by atoms with E-state index in [1.165, 1.54) is 0 Å².